The summed E-state index contributed by atoms with van der Waals surface area (Å²) in [5, 5.41) is 7.71. The molecule has 0 aromatic rings. The molecule has 0 fully saturated rings. The number of nitriles is 1. The summed E-state index contributed by atoms with van der Waals surface area (Å²) in [5.41, 5.74) is 0. The molecule has 0 aliphatic rings. The largest absolute Gasteiger partial charge is 0.401 e. The first kappa shape index (κ1) is 11.1. The van der Waals surface area contributed by atoms with Crippen molar-refractivity contribution in [3.63, 3.8) is 0 Å². The third kappa shape index (κ3) is 2.98. The van der Waals surface area contributed by atoms with Crippen LogP contribution in [0.3, 0.4) is 0 Å². The molecule has 0 aliphatic heterocycles. The number of alkyl halides is 6. The van der Waals surface area contributed by atoms with E-state index in [1.165, 1.54) is 0 Å². The van der Waals surface area contributed by atoms with Crippen LogP contribution in [0.15, 0.2) is 0 Å². The molecule has 1 nitrogen and oxygen atoms in total. The lowest BCUT2D eigenvalue weighted by molar-refractivity contribution is -0.282. The molecule has 0 rings (SSSR count). The molecule has 0 saturated heterocycles. The Morgan fingerprint density at radius 2 is 1.33 bits per heavy atom. The first-order chi connectivity index (χ1) is 5.19. The first-order valence-corrected chi connectivity index (χ1v) is 2.70. The lowest BCUT2D eigenvalue weighted by atomic mass is 10.1. The molecule has 70 valence electrons. The van der Waals surface area contributed by atoms with Gasteiger partial charge in [-0.3, -0.25) is 0 Å². The fourth-order valence-corrected chi connectivity index (χ4v) is 0.508. The van der Waals surface area contributed by atoms with Gasteiger partial charge in [0.25, 0.3) is 0 Å². The van der Waals surface area contributed by atoms with Gasteiger partial charge in [0.1, 0.15) is 0 Å². The Kier molecular flexibility index (Phi) is 2.96. The number of hydrogen-bond donors (Lipinski definition) is 0. The molecule has 0 aliphatic carbocycles. The predicted octanol–water partition coefficient (Wildman–Crippen LogP) is 2.64. The van der Waals surface area contributed by atoms with Gasteiger partial charge in [-0.25, -0.2) is 0 Å². The quantitative estimate of drug-likeness (QED) is 0.584. The van der Waals surface area contributed by atoms with Crippen LogP contribution >= 0.6 is 0 Å². The fraction of sp³-hybridized carbons (Fsp3) is 0.800. The molecular weight excluding hydrogens is 188 g/mol. The number of rotatable bonds is 1. The van der Waals surface area contributed by atoms with E-state index in [9.17, 15) is 26.3 Å². The zero-order valence-corrected chi connectivity index (χ0v) is 5.50. The summed E-state index contributed by atoms with van der Waals surface area (Å²) in [6.45, 7) is 0. The van der Waals surface area contributed by atoms with Crippen molar-refractivity contribution >= 4 is 0 Å². The molecule has 0 spiro atoms. The van der Waals surface area contributed by atoms with Crippen molar-refractivity contribution in [1.82, 2.24) is 0 Å². The molecule has 0 unspecified atom stereocenters. The average molecular weight is 191 g/mol. The van der Waals surface area contributed by atoms with Crippen LogP contribution in [0.25, 0.3) is 0 Å². The summed E-state index contributed by atoms with van der Waals surface area (Å²) in [4.78, 5) is 0. The highest BCUT2D eigenvalue weighted by Gasteiger charge is 2.56. The summed E-state index contributed by atoms with van der Waals surface area (Å²) in [7, 11) is 0. The van der Waals surface area contributed by atoms with Crippen LogP contribution < -0.4 is 0 Å². The lowest BCUT2D eigenvalue weighted by Gasteiger charge is -2.19. The van der Waals surface area contributed by atoms with E-state index >= 15 is 0 Å². The molecule has 7 heteroatoms. The van der Waals surface area contributed by atoms with Crippen molar-refractivity contribution in [2.75, 3.05) is 0 Å². The van der Waals surface area contributed by atoms with Crippen molar-refractivity contribution in [1.29, 1.82) is 5.26 Å². The van der Waals surface area contributed by atoms with Crippen molar-refractivity contribution in [2.45, 2.75) is 18.8 Å². The summed E-state index contributed by atoms with van der Waals surface area (Å²) >= 11 is 0. The van der Waals surface area contributed by atoms with Crippen LogP contribution in [0.5, 0.6) is 0 Å². The maximum atomic E-state index is 11.5. The minimum atomic E-state index is -5.39. The predicted molar refractivity (Wildman–Crippen MR) is 25.8 cm³/mol. The van der Waals surface area contributed by atoms with Gasteiger partial charge >= 0.3 is 12.4 Å². The lowest BCUT2D eigenvalue weighted by Crippen LogP contribution is -2.35. The number of hydrogen-bond acceptors (Lipinski definition) is 1. The zero-order chi connectivity index (χ0) is 9.99. The molecule has 0 saturated carbocycles. The monoisotopic (exact) mass is 191 g/mol. The minimum Gasteiger partial charge on any atom is -0.198 e. The van der Waals surface area contributed by atoms with E-state index < -0.39 is 24.7 Å². The molecule has 0 radical (unpaired) electrons. The van der Waals surface area contributed by atoms with Gasteiger partial charge in [-0.15, -0.1) is 0 Å². The molecular formula is C5H3F6N. The highest BCUT2D eigenvalue weighted by Crippen LogP contribution is 2.40. The Labute approximate surface area is 63.6 Å². The second kappa shape index (κ2) is 3.21. The molecule has 0 N–H and O–H groups in total. The van der Waals surface area contributed by atoms with Gasteiger partial charge in [0.2, 0.25) is 0 Å². The van der Waals surface area contributed by atoms with Crippen LogP contribution in [0, 0.1) is 17.2 Å². The third-order valence-corrected chi connectivity index (χ3v) is 1.09. The van der Waals surface area contributed by atoms with Gasteiger partial charge in [0.15, 0.2) is 5.92 Å². The maximum absolute atomic E-state index is 11.5. The van der Waals surface area contributed by atoms with Gasteiger partial charge < -0.3 is 0 Å². The Balaban J connectivity index is 4.59. The van der Waals surface area contributed by atoms with Gasteiger partial charge in [-0.05, 0) is 0 Å². The highest BCUT2D eigenvalue weighted by atomic mass is 19.4. The zero-order valence-electron chi connectivity index (χ0n) is 5.50. The van der Waals surface area contributed by atoms with Gasteiger partial charge in [0, 0.05) is 0 Å². The minimum absolute atomic E-state index is 0.841. The molecule has 0 aromatic carbocycles. The Morgan fingerprint density at radius 3 is 1.42 bits per heavy atom. The standard InChI is InChI=1S/C5H3F6N/c6-4(7,8)3(1-2-12)5(9,10)11/h3H,1H2. The number of nitrogens with zero attached hydrogens (tertiary/aromatic N) is 1. The van der Waals surface area contributed by atoms with Crippen molar-refractivity contribution in [3.05, 3.63) is 0 Å². The smallest absolute Gasteiger partial charge is 0.198 e. The van der Waals surface area contributed by atoms with E-state index in [-0.39, 0.29) is 0 Å². The maximum Gasteiger partial charge on any atom is 0.401 e. The SMILES string of the molecule is N#CCC(C(F)(F)F)C(F)(F)F. The number of halogens is 6. The van der Waals surface area contributed by atoms with Crippen molar-refractivity contribution in [3.8, 4) is 6.07 Å². The van der Waals surface area contributed by atoms with Gasteiger partial charge in [0.05, 0.1) is 12.5 Å². The van der Waals surface area contributed by atoms with E-state index in [0.29, 0.717) is 0 Å². The Morgan fingerprint density at radius 1 is 1.00 bits per heavy atom. The summed E-state index contributed by atoms with van der Waals surface area (Å²) in [6.07, 6.45) is -12.4. The molecule has 0 amide bonds. The topological polar surface area (TPSA) is 23.8 Å². The fourth-order valence-electron chi connectivity index (χ4n) is 0.508. The normalized spacial score (nSPS) is 13.2. The van der Waals surface area contributed by atoms with Crippen molar-refractivity contribution < 1.29 is 26.3 Å². The summed E-state index contributed by atoms with van der Waals surface area (Å²) < 4.78 is 69.2. The molecule has 0 heterocycles. The van der Waals surface area contributed by atoms with E-state index in [4.69, 9.17) is 5.26 Å². The van der Waals surface area contributed by atoms with Crippen LogP contribution in [0.1, 0.15) is 6.42 Å². The van der Waals surface area contributed by atoms with Gasteiger partial charge in [-0.2, -0.15) is 31.6 Å². The Bertz CT molecular complexity index is 170. The van der Waals surface area contributed by atoms with Gasteiger partial charge in [-0.1, -0.05) is 0 Å². The molecule has 0 bridgehead atoms. The summed E-state index contributed by atoms with van der Waals surface area (Å²) in [6, 6.07) is 0.841. The third-order valence-electron chi connectivity index (χ3n) is 1.09. The van der Waals surface area contributed by atoms with Crippen LogP contribution in [0.4, 0.5) is 26.3 Å². The molecule has 12 heavy (non-hydrogen) atoms. The summed E-state index contributed by atoms with van der Waals surface area (Å²) in [5.74, 6) is -3.53. The molecule has 0 atom stereocenters. The van der Waals surface area contributed by atoms with E-state index in [1.807, 2.05) is 0 Å². The van der Waals surface area contributed by atoms with Crippen LogP contribution in [-0.4, -0.2) is 12.4 Å². The second-order valence-electron chi connectivity index (χ2n) is 2.00. The van der Waals surface area contributed by atoms with Crippen LogP contribution in [0.2, 0.25) is 0 Å². The Hall–Kier alpha value is -0.930. The highest BCUT2D eigenvalue weighted by molar-refractivity contribution is 4.84. The first-order valence-electron chi connectivity index (χ1n) is 2.70. The second-order valence-corrected chi connectivity index (χ2v) is 2.00. The van der Waals surface area contributed by atoms with Crippen molar-refractivity contribution in [2.24, 2.45) is 5.92 Å². The van der Waals surface area contributed by atoms with Crippen LogP contribution in [-0.2, 0) is 0 Å². The molecule has 0 aromatic heterocycles. The van der Waals surface area contributed by atoms with E-state index in [2.05, 4.69) is 0 Å². The van der Waals surface area contributed by atoms with E-state index in [0.717, 1.165) is 6.07 Å². The average Bonchev–Trinajstić information content (AvgIpc) is 1.77. The van der Waals surface area contributed by atoms with E-state index in [1.54, 1.807) is 0 Å².